The number of amides is 1. The fourth-order valence-electron chi connectivity index (χ4n) is 0.987. The van der Waals surface area contributed by atoms with Gasteiger partial charge in [0.2, 0.25) is 5.91 Å². The minimum atomic E-state index is -5.80. The zero-order valence-electron chi connectivity index (χ0n) is 7.78. The van der Waals surface area contributed by atoms with Gasteiger partial charge in [0.25, 0.3) is 0 Å². The first-order valence-corrected chi connectivity index (χ1v) is 7.66. The average molecular weight is 251 g/mol. The van der Waals surface area contributed by atoms with E-state index in [9.17, 15) is 13.2 Å². The van der Waals surface area contributed by atoms with E-state index in [0.29, 0.717) is 6.92 Å². The molecule has 88 valence electrons. The Kier molecular flexibility index (Phi) is 2.52. The number of rotatable bonds is 2. The number of hydrogen-bond donors (Lipinski definition) is 4. The molecule has 0 aliphatic heterocycles. The predicted octanol–water partition coefficient (Wildman–Crippen LogP) is -0.543. The molecule has 0 aromatic carbocycles. The molecular formula is C4H13NO7S2. The number of carbonyl (C=O) groups is 1. The lowest BCUT2D eigenvalue weighted by molar-refractivity contribution is -0.122. The molecule has 0 fully saturated rings. The van der Waals surface area contributed by atoms with Gasteiger partial charge in [0.15, 0.2) is 19.6 Å². The number of hydrogen-bond acceptors (Lipinski definition) is 3. The molecular weight excluding hydrogens is 238 g/mol. The molecule has 10 heteroatoms. The van der Waals surface area contributed by atoms with Crippen molar-refractivity contribution < 1.29 is 31.4 Å². The minimum Gasteiger partial charge on any atom is -0.292 e. The van der Waals surface area contributed by atoms with E-state index in [2.05, 4.69) is 0 Å². The van der Waals surface area contributed by atoms with Crippen LogP contribution in [-0.4, -0.2) is 48.8 Å². The van der Waals surface area contributed by atoms with E-state index in [1.165, 1.54) is 0 Å². The molecule has 0 aromatic rings. The maximum Gasteiger partial charge on any atom is 0.247 e. The summed E-state index contributed by atoms with van der Waals surface area (Å²) in [7, 11) is -11.6. The Bertz CT molecular complexity index is 346. The second kappa shape index (κ2) is 2.59. The van der Waals surface area contributed by atoms with E-state index in [0.717, 1.165) is 0 Å². The molecule has 0 saturated heterocycles. The smallest absolute Gasteiger partial charge is 0.247 e. The number of nitrogens with zero attached hydrogens (tertiary/aromatic N) is 1. The normalized spacial score (nSPS) is 18.8. The summed E-state index contributed by atoms with van der Waals surface area (Å²) >= 11 is 0. The predicted molar refractivity (Wildman–Crippen MR) is 51.2 cm³/mol. The maximum atomic E-state index is 11.1. The summed E-state index contributed by atoms with van der Waals surface area (Å²) in [5, 5.41) is 0. The second-order valence-corrected chi connectivity index (χ2v) is 8.84. The van der Waals surface area contributed by atoms with Crippen molar-refractivity contribution in [1.82, 2.24) is 3.71 Å². The third kappa shape index (κ3) is 3.40. The van der Waals surface area contributed by atoms with Crippen molar-refractivity contribution in [1.29, 1.82) is 0 Å². The lowest BCUT2D eigenvalue weighted by Gasteiger charge is -2.46. The molecule has 8 nitrogen and oxygen atoms in total. The van der Waals surface area contributed by atoms with Gasteiger partial charge in [-0.25, -0.2) is 8.42 Å². The van der Waals surface area contributed by atoms with Crippen molar-refractivity contribution in [3.8, 4) is 0 Å². The van der Waals surface area contributed by atoms with Crippen molar-refractivity contribution in [3.05, 3.63) is 0 Å². The standard InChI is InChI=1S/C4H13NO7S2/c1-4(6)5(13(2,7,8)9)14(3,10,11)12/h1-3H3,(H2,7,8,9)(H2,10,11,12). The molecule has 0 unspecified atom stereocenters. The third-order valence-electron chi connectivity index (χ3n) is 1.02. The van der Waals surface area contributed by atoms with Crippen LogP contribution in [0.25, 0.3) is 0 Å². The molecule has 0 radical (unpaired) electrons. The Morgan fingerprint density at radius 3 is 1.21 bits per heavy atom. The van der Waals surface area contributed by atoms with Crippen LogP contribution < -0.4 is 0 Å². The number of carbonyl (C=O) groups excluding carboxylic acids is 1. The minimum absolute atomic E-state index is 0.252. The molecule has 1 amide bonds. The Morgan fingerprint density at radius 1 is 1.00 bits per heavy atom. The first-order valence-electron chi connectivity index (χ1n) is 3.17. The summed E-state index contributed by atoms with van der Waals surface area (Å²) in [6.07, 6.45) is 0.504. The highest BCUT2D eigenvalue weighted by Gasteiger charge is 2.49. The zero-order chi connectivity index (χ0) is 12.0. The van der Waals surface area contributed by atoms with E-state index in [-0.39, 0.29) is 12.5 Å². The first kappa shape index (κ1) is 13.6. The Hall–Kier alpha value is -0.390. The van der Waals surface area contributed by atoms with E-state index >= 15 is 0 Å². The molecule has 0 aliphatic carbocycles. The van der Waals surface area contributed by atoms with E-state index < -0.39 is 29.2 Å². The van der Waals surface area contributed by atoms with E-state index in [1.807, 2.05) is 0 Å². The van der Waals surface area contributed by atoms with Crippen LogP contribution in [0.2, 0.25) is 0 Å². The average Bonchev–Trinajstić information content (AvgIpc) is 1.42. The van der Waals surface area contributed by atoms with Crippen molar-refractivity contribution >= 4 is 25.5 Å². The van der Waals surface area contributed by atoms with Crippen LogP contribution in [0.4, 0.5) is 0 Å². The highest BCUT2D eigenvalue weighted by Crippen LogP contribution is 2.31. The van der Waals surface area contributed by atoms with Crippen LogP contribution in [0.1, 0.15) is 6.92 Å². The monoisotopic (exact) mass is 251 g/mol. The van der Waals surface area contributed by atoms with Crippen LogP contribution in [0.5, 0.6) is 0 Å². The fourth-order valence-corrected chi connectivity index (χ4v) is 5.33. The zero-order valence-corrected chi connectivity index (χ0v) is 9.41. The van der Waals surface area contributed by atoms with Crippen molar-refractivity contribution in [2.24, 2.45) is 0 Å². The molecule has 14 heavy (non-hydrogen) atoms. The molecule has 0 bridgehead atoms. The Balaban J connectivity index is 5.84. The van der Waals surface area contributed by atoms with E-state index in [1.54, 1.807) is 0 Å². The summed E-state index contributed by atoms with van der Waals surface area (Å²) in [6, 6.07) is 0. The highest BCUT2D eigenvalue weighted by molar-refractivity contribution is 8.22. The van der Waals surface area contributed by atoms with Crippen LogP contribution in [-0.2, 0) is 24.4 Å². The summed E-state index contributed by atoms with van der Waals surface area (Å²) in [4.78, 5) is 10.8. The molecule has 0 heterocycles. The molecule has 0 atom stereocenters. The van der Waals surface area contributed by atoms with Crippen molar-refractivity contribution in [2.75, 3.05) is 12.5 Å². The van der Waals surface area contributed by atoms with Gasteiger partial charge in [-0.2, -0.15) is 0 Å². The van der Waals surface area contributed by atoms with Gasteiger partial charge in [-0.05, 0) is 0 Å². The van der Waals surface area contributed by atoms with Crippen LogP contribution in [0.15, 0.2) is 0 Å². The maximum absolute atomic E-state index is 11.1. The van der Waals surface area contributed by atoms with Gasteiger partial charge in [0.1, 0.15) is 0 Å². The van der Waals surface area contributed by atoms with Gasteiger partial charge >= 0.3 is 0 Å². The van der Waals surface area contributed by atoms with E-state index in [4.69, 9.17) is 18.2 Å². The van der Waals surface area contributed by atoms with Gasteiger partial charge in [-0.1, -0.05) is 0 Å². The van der Waals surface area contributed by atoms with Gasteiger partial charge in [-0.15, -0.1) is 3.71 Å². The topological polar surface area (TPSA) is 135 Å². The summed E-state index contributed by atoms with van der Waals surface area (Å²) in [5.41, 5.74) is 0. The van der Waals surface area contributed by atoms with Crippen LogP contribution >= 0.6 is 0 Å². The summed E-state index contributed by atoms with van der Waals surface area (Å²) in [5.74, 6) is -1.42. The highest BCUT2D eigenvalue weighted by atomic mass is 32.4. The molecule has 4 N–H and O–H groups in total. The Labute approximate surface area is 80.7 Å². The van der Waals surface area contributed by atoms with Crippen molar-refractivity contribution in [2.45, 2.75) is 6.92 Å². The molecule has 0 aromatic heterocycles. The van der Waals surface area contributed by atoms with Crippen LogP contribution in [0, 0.1) is 0 Å². The van der Waals surface area contributed by atoms with Crippen LogP contribution in [0.3, 0.4) is 0 Å². The molecule has 0 spiro atoms. The summed E-state index contributed by atoms with van der Waals surface area (Å²) < 4.78 is 57.2. The van der Waals surface area contributed by atoms with Gasteiger partial charge in [-0.3, -0.25) is 23.0 Å². The van der Waals surface area contributed by atoms with Gasteiger partial charge in [0.05, 0.1) is 12.5 Å². The second-order valence-electron chi connectivity index (χ2n) is 3.14. The largest absolute Gasteiger partial charge is 0.292 e. The fraction of sp³-hybridized carbons (Fsp3) is 0.750. The SMILES string of the molecule is CC(=O)N(S(C)(=O)(O)O)S(C)(=O)(O)O. The molecule has 0 rings (SSSR count). The Morgan fingerprint density at radius 2 is 1.21 bits per heavy atom. The molecule has 0 aliphatic rings. The van der Waals surface area contributed by atoms with Gasteiger partial charge < -0.3 is 0 Å². The summed E-state index contributed by atoms with van der Waals surface area (Å²) in [6.45, 7) is 0.646. The third-order valence-corrected chi connectivity index (χ3v) is 5.12. The molecule has 0 saturated carbocycles. The first-order chi connectivity index (χ1) is 5.58. The lowest BCUT2D eigenvalue weighted by Crippen LogP contribution is -2.63. The lowest BCUT2D eigenvalue weighted by atomic mass is 10.8. The quantitative estimate of drug-likeness (QED) is 0.517. The van der Waals surface area contributed by atoms with Gasteiger partial charge in [0, 0.05) is 6.92 Å². The van der Waals surface area contributed by atoms with Crippen molar-refractivity contribution in [3.63, 3.8) is 0 Å².